The number of hydrogen-bond donors (Lipinski definition) is 2. The number of rotatable bonds is 9. The Morgan fingerprint density at radius 3 is 2.78 bits per heavy atom. The van der Waals surface area contributed by atoms with Gasteiger partial charge in [-0.25, -0.2) is 9.98 Å². The maximum Gasteiger partial charge on any atom is 0.422 e. The van der Waals surface area contributed by atoms with Crippen molar-refractivity contribution in [1.29, 1.82) is 0 Å². The molecule has 1 aromatic heterocycles. The first-order valence-electron chi connectivity index (χ1n) is 7.16. The number of nitrogens with one attached hydrogen (secondary N) is 1. The number of ether oxygens (including phenoxy) is 2. The minimum Gasteiger partial charge on any atom is -0.468 e. The summed E-state index contributed by atoms with van der Waals surface area (Å²) in [4.78, 5) is 7.90. The summed E-state index contributed by atoms with van der Waals surface area (Å²) in [7, 11) is 0. The standard InChI is InChI=1S/C14H21F3N4O2/c1-2-22-7-3-6-19-13(18)21-9-11-4-5-12(20-8-11)23-10-14(15,16)17/h4-5,8H,2-3,6-7,9-10H2,1H3,(H3,18,19,21). The van der Waals surface area contributed by atoms with Crippen LogP contribution in [0.1, 0.15) is 18.9 Å². The van der Waals surface area contributed by atoms with Crippen molar-refractivity contribution < 1.29 is 22.6 Å². The molecule has 0 bridgehead atoms. The molecule has 1 heterocycles. The second-order valence-corrected chi connectivity index (χ2v) is 4.59. The molecule has 0 atom stereocenters. The van der Waals surface area contributed by atoms with E-state index in [1.54, 1.807) is 6.07 Å². The molecule has 1 rings (SSSR count). The Balaban J connectivity index is 2.32. The van der Waals surface area contributed by atoms with Crippen LogP contribution in [0.15, 0.2) is 23.3 Å². The van der Waals surface area contributed by atoms with Gasteiger partial charge in [-0.2, -0.15) is 13.2 Å². The molecule has 0 aromatic carbocycles. The van der Waals surface area contributed by atoms with Gasteiger partial charge < -0.3 is 20.5 Å². The number of halogens is 3. The van der Waals surface area contributed by atoms with Crippen molar-refractivity contribution in [2.45, 2.75) is 26.1 Å². The molecule has 0 radical (unpaired) electrons. The zero-order chi connectivity index (χ0) is 17.1. The molecule has 130 valence electrons. The van der Waals surface area contributed by atoms with Gasteiger partial charge in [0, 0.05) is 32.0 Å². The van der Waals surface area contributed by atoms with Crippen molar-refractivity contribution in [2.24, 2.45) is 10.7 Å². The maximum atomic E-state index is 12.0. The molecule has 0 amide bonds. The normalized spacial score (nSPS) is 12.3. The van der Waals surface area contributed by atoms with E-state index in [1.807, 2.05) is 6.92 Å². The maximum absolute atomic E-state index is 12.0. The average Bonchev–Trinajstić information content (AvgIpc) is 2.51. The van der Waals surface area contributed by atoms with Crippen molar-refractivity contribution >= 4 is 5.96 Å². The summed E-state index contributed by atoms with van der Waals surface area (Å²) in [6.07, 6.45) is -2.17. The van der Waals surface area contributed by atoms with Crippen molar-refractivity contribution in [2.75, 3.05) is 26.4 Å². The number of aliphatic imine (C=N–C) groups is 1. The summed E-state index contributed by atoms with van der Waals surface area (Å²) < 4.78 is 45.7. The average molecular weight is 334 g/mol. The van der Waals surface area contributed by atoms with Crippen LogP contribution in [0.25, 0.3) is 0 Å². The second-order valence-electron chi connectivity index (χ2n) is 4.59. The van der Waals surface area contributed by atoms with E-state index in [0.29, 0.717) is 31.3 Å². The van der Waals surface area contributed by atoms with Gasteiger partial charge in [-0.15, -0.1) is 0 Å². The van der Waals surface area contributed by atoms with E-state index in [0.717, 1.165) is 6.42 Å². The number of alkyl halides is 3. The quantitative estimate of drug-likeness (QED) is 0.409. The zero-order valence-electron chi connectivity index (χ0n) is 12.9. The van der Waals surface area contributed by atoms with Gasteiger partial charge in [0.05, 0.1) is 6.54 Å². The van der Waals surface area contributed by atoms with Gasteiger partial charge in [-0.1, -0.05) is 6.07 Å². The number of nitrogens with zero attached hydrogens (tertiary/aromatic N) is 2. The number of hydrogen-bond acceptors (Lipinski definition) is 4. The fraction of sp³-hybridized carbons (Fsp3) is 0.571. The van der Waals surface area contributed by atoms with E-state index >= 15 is 0 Å². The van der Waals surface area contributed by atoms with Crippen LogP contribution in [0, 0.1) is 0 Å². The first kappa shape index (κ1) is 19.0. The highest BCUT2D eigenvalue weighted by atomic mass is 19.4. The van der Waals surface area contributed by atoms with Crippen molar-refractivity contribution in [3.05, 3.63) is 23.9 Å². The summed E-state index contributed by atoms with van der Waals surface area (Å²) in [6, 6.07) is 2.95. The molecule has 0 aliphatic heterocycles. The van der Waals surface area contributed by atoms with Crippen molar-refractivity contribution in [1.82, 2.24) is 10.3 Å². The third-order valence-electron chi connectivity index (χ3n) is 2.59. The van der Waals surface area contributed by atoms with Gasteiger partial charge in [0.2, 0.25) is 5.88 Å². The van der Waals surface area contributed by atoms with E-state index < -0.39 is 12.8 Å². The lowest BCUT2D eigenvalue weighted by atomic mass is 10.3. The highest BCUT2D eigenvalue weighted by Gasteiger charge is 2.28. The van der Waals surface area contributed by atoms with Gasteiger partial charge in [0.1, 0.15) is 0 Å². The Morgan fingerprint density at radius 2 is 2.17 bits per heavy atom. The lowest BCUT2D eigenvalue weighted by Gasteiger charge is -2.08. The molecule has 0 aliphatic rings. The van der Waals surface area contributed by atoms with E-state index in [4.69, 9.17) is 10.5 Å². The zero-order valence-corrected chi connectivity index (χ0v) is 12.9. The van der Waals surface area contributed by atoms with Crippen LogP contribution < -0.4 is 15.8 Å². The third-order valence-corrected chi connectivity index (χ3v) is 2.59. The highest BCUT2D eigenvalue weighted by Crippen LogP contribution is 2.17. The molecule has 23 heavy (non-hydrogen) atoms. The summed E-state index contributed by atoms with van der Waals surface area (Å²) in [5.74, 6) is 0.205. The highest BCUT2D eigenvalue weighted by molar-refractivity contribution is 5.77. The number of nitrogens with two attached hydrogens (primary N) is 1. The van der Waals surface area contributed by atoms with Gasteiger partial charge in [0.15, 0.2) is 12.6 Å². The van der Waals surface area contributed by atoms with Gasteiger partial charge >= 0.3 is 6.18 Å². The third kappa shape index (κ3) is 9.56. The summed E-state index contributed by atoms with van der Waals surface area (Å²) >= 11 is 0. The molecule has 6 nitrogen and oxygen atoms in total. The Bertz CT molecular complexity index is 478. The summed E-state index contributed by atoms with van der Waals surface area (Å²) in [5, 5.41) is 2.94. The fourth-order valence-electron chi connectivity index (χ4n) is 1.51. The predicted octanol–water partition coefficient (Wildman–Crippen LogP) is 1.85. The Labute approximate surface area is 132 Å². The Kier molecular flexibility index (Phi) is 8.17. The number of aromatic nitrogens is 1. The minimum atomic E-state index is -4.38. The molecule has 0 saturated carbocycles. The lowest BCUT2D eigenvalue weighted by molar-refractivity contribution is -0.154. The van der Waals surface area contributed by atoms with Crippen LogP contribution in [-0.4, -0.2) is 43.5 Å². The SMILES string of the molecule is CCOCCCNC(N)=NCc1ccc(OCC(F)(F)F)nc1. The summed E-state index contributed by atoms with van der Waals surface area (Å²) in [6.45, 7) is 2.82. The molecular formula is C14H21F3N4O2. The van der Waals surface area contributed by atoms with Crippen LogP contribution in [0.5, 0.6) is 5.88 Å². The molecule has 0 aliphatic carbocycles. The topological polar surface area (TPSA) is 81.8 Å². The fourth-order valence-corrected chi connectivity index (χ4v) is 1.51. The Morgan fingerprint density at radius 1 is 1.39 bits per heavy atom. The van der Waals surface area contributed by atoms with Gasteiger partial charge in [-0.3, -0.25) is 0 Å². The van der Waals surface area contributed by atoms with E-state index in [1.165, 1.54) is 12.3 Å². The van der Waals surface area contributed by atoms with Gasteiger partial charge in [-0.05, 0) is 18.9 Å². The van der Waals surface area contributed by atoms with Crippen molar-refractivity contribution in [3.8, 4) is 5.88 Å². The van der Waals surface area contributed by atoms with E-state index in [2.05, 4.69) is 20.0 Å². The van der Waals surface area contributed by atoms with Crippen LogP contribution in [-0.2, 0) is 11.3 Å². The van der Waals surface area contributed by atoms with E-state index in [-0.39, 0.29) is 12.4 Å². The molecule has 0 saturated heterocycles. The Hall–Kier alpha value is -2.03. The van der Waals surface area contributed by atoms with Crippen LogP contribution >= 0.6 is 0 Å². The molecular weight excluding hydrogens is 313 g/mol. The largest absolute Gasteiger partial charge is 0.468 e. The molecule has 1 aromatic rings. The molecule has 0 unspecified atom stereocenters. The van der Waals surface area contributed by atoms with Crippen LogP contribution in [0.4, 0.5) is 13.2 Å². The molecule has 9 heteroatoms. The molecule has 0 spiro atoms. The molecule has 3 N–H and O–H groups in total. The first-order chi connectivity index (χ1) is 10.9. The first-order valence-corrected chi connectivity index (χ1v) is 7.16. The number of pyridine rings is 1. The predicted molar refractivity (Wildman–Crippen MR) is 80.2 cm³/mol. The van der Waals surface area contributed by atoms with Crippen molar-refractivity contribution in [3.63, 3.8) is 0 Å². The minimum absolute atomic E-state index is 0.0860. The van der Waals surface area contributed by atoms with Gasteiger partial charge in [0.25, 0.3) is 0 Å². The van der Waals surface area contributed by atoms with Crippen LogP contribution in [0.3, 0.4) is 0 Å². The molecule has 0 fully saturated rings. The lowest BCUT2D eigenvalue weighted by Crippen LogP contribution is -2.32. The number of guanidine groups is 1. The second kappa shape index (κ2) is 9.88. The van der Waals surface area contributed by atoms with Crippen LogP contribution in [0.2, 0.25) is 0 Å². The monoisotopic (exact) mass is 334 g/mol. The smallest absolute Gasteiger partial charge is 0.422 e. The summed E-state index contributed by atoms with van der Waals surface area (Å²) in [5.41, 5.74) is 6.40. The van der Waals surface area contributed by atoms with E-state index in [9.17, 15) is 13.2 Å².